The molecule has 0 aliphatic heterocycles. The van der Waals surface area contributed by atoms with Gasteiger partial charge in [0.25, 0.3) is 5.91 Å². The summed E-state index contributed by atoms with van der Waals surface area (Å²) < 4.78 is 10.9. The summed E-state index contributed by atoms with van der Waals surface area (Å²) >= 11 is 6.25. The standard InChI is InChI=1S/C17H20ClN3O3/c1-3-4-7-24-16-13(18)8-11(9-14(16)23-2)17(22)21-12-5-6-15(19)20-10-12/h5-6,8-10H,3-4,7H2,1-2H3,(H2,19,20)(H,21,22). The quantitative estimate of drug-likeness (QED) is 0.743. The maximum absolute atomic E-state index is 12.4. The van der Waals surface area contributed by atoms with Crippen LogP contribution < -0.4 is 20.5 Å². The lowest BCUT2D eigenvalue weighted by atomic mass is 10.2. The lowest BCUT2D eigenvalue weighted by molar-refractivity contribution is 0.102. The zero-order valence-electron chi connectivity index (χ0n) is 13.6. The third-order valence-corrected chi connectivity index (χ3v) is 3.56. The van der Waals surface area contributed by atoms with Crippen LogP contribution in [0.4, 0.5) is 11.5 Å². The fourth-order valence-corrected chi connectivity index (χ4v) is 2.26. The van der Waals surface area contributed by atoms with Crippen molar-refractivity contribution in [3.05, 3.63) is 41.0 Å². The van der Waals surface area contributed by atoms with Crippen molar-refractivity contribution in [1.29, 1.82) is 0 Å². The van der Waals surface area contributed by atoms with Crippen molar-refractivity contribution in [3.63, 3.8) is 0 Å². The van der Waals surface area contributed by atoms with Gasteiger partial charge >= 0.3 is 0 Å². The van der Waals surface area contributed by atoms with Crippen LogP contribution in [0.3, 0.4) is 0 Å². The van der Waals surface area contributed by atoms with Crippen molar-refractivity contribution >= 4 is 29.0 Å². The Morgan fingerprint density at radius 2 is 2.17 bits per heavy atom. The van der Waals surface area contributed by atoms with Crippen LogP contribution in [0, 0.1) is 0 Å². The lowest BCUT2D eigenvalue weighted by Crippen LogP contribution is -2.13. The minimum absolute atomic E-state index is 0.325. The van der Waals surface area contributed by atoms with Crippen molar-refractivity contribution in [2.45, 2.75) is 19.8 Å². The smallest absolute Gasteiger partial charge is 0.255 e. The fraction of sp³-hybridized carbons (Fsp3) is 0.294. The van der Waals surface area contributed by atoms with Gasteiger partial charge in [-0.25, -0.2) is 4.98 Å². The number of benzene rings is 1. The van der Waals surface area contributed by atoms with E-state index in [1.807, 2.05) is 0 Å². The van der Waals surface area contributed by atoms with Crippen LogP contribution in [0.25, 0.3) is 0 Å². The van der Waals surface area contributed by atoms with Gasteiger partial charge in [-0.1, -0.05) is 24.9 Å². The van der Waals surface area contributed by atoms with Gasteiger partial charge in [-0.2, -0.15) is 0 Å². The molecule has 0 bridgehead atoms. The molecule has 0 fully saturated rings. The first-order chi connectivity index (χ1) is 11.5. The number of anilines is 2. The molecule has 1 amide bonds. The number of amides is 1. The summed E-state index contributed by atoms with van der Waals surface area (Å²) in [5, 5.41) is 3.05. The van der Waals surface area contributed by atoms with Gasteiger partial charge in [0.2, 0.25) is 0 Å². The number of carbonyl (C=O) groups excluding carboxylic acids is 1. The summed E-state index contributed by atoms with van der Waals surface area (Å²) in [5.74, 6) is 0.908. The van der Waals surface area contributed by atoms with E-state index in [1.54, 1.807) is 24.3 Å². The Morgan fingerprint density at radius 3 is 2.79 bits per heavy atom. The van der Waals surface area contributed by atoms with Crippen LogP contribution in [-0.4, -0.2) is 24.6 Å². The normalized spacial score (nSPS) is 10.3. The van der Waals surface area contributed by atoms with E-state index in [0.717, 1.165) is 12.8 Å². The topological polar surface area (TPSA) is 86.5 Å². The molecule has 0 saturated carbocycles. The van der Waals surface area contributed by atoms with Crippen molar-refractivity contribution in [2.75, 3.05) is 24.8 Å². The number of hydrogen-bond donors (Lipinski definition) is 2. The molecule has 1 aromatic carbocycles. The molecule has 0 unspecified atom stereocenters. The zero-order valence-corrected chi connectivity index (χ0v) is 14.4. The largest absolute Gasteiger partial charge is 0.493 e. The van der Waals surface area contributed by atoms with E-state index in [4.69, 9.17) is 26.8 Å². The van der Waals surface area contributed by atoms with E-state index >= 15 is 0 Å². The molecule has 0 saturated heterocycles. The Hall–Kier alpha value is -2.47. The third-order valence-electron chi connectivity index (χ3n) is 3.28. The highest BCUT2D eigenvalue weighted by molar-refractivity contribution is 6.32. The summed E-state index contributed by atoms with van der Waals surface area (Å²) in [6.45, 7) is 2.61. The highest BCUT2D eigenvalue weighted by Gasteiger charge is 2.16. The maximum atomic E-state index is 12.4. The van der Waals surface area contributed by atoms with Gasteiger partial charge in [0.05, 0.1) is 30.6 Å². The van der Waals surface area contributed by atoms with Crippen LogP contribution in [0.5, 0.6) is 11.5 Å². The fourth-order valence-electron chi connectivity index (χ4n) is 1.99. The Kier molecular flexibility index (Phi) is 6.26. The second-order valence-electron chi connectivity index (χ2n) is 5.12. The molecule has 6 nitrogen and oxygen atoms in total. The van der Waals surface area contributed by atoms with Gasteiger partial charge in [-0.3, -0.25) is 4.79 Å². The highest BCUT2D eigenvalue weighted by atomic mass is 35.5. The predicted molar refractivity (Wildman–Crippen MR) is 95.0 cm³/mol. The summed E-state index contributed by atoms with van der Waals surface area (Å²) in [6.07, 6.45) is 3.40. The average Bonchev–Trinajstić information content (AvgIpc) is 2.58. The van der Waals surface area contributed by atoms with E-state index in [1.165, 1.54) is 13.3 Å². The SMILES string of the molecule is CCCCOc1c(Cl)cc(C(=O)Nc2ccc(N)nc2)cc1OC. The Labute approximate surface area is 145 Å². The number of ether oxygens (including phenoxy) is 2. The molecule has 1 heterocycles. The minimum Gasteiger partial charge on any atom is -0.493 e. The van der Waals surface area contributed by atoms with Crippen molar-refractivity contribution < 1.29 is 14.3 Å². The van der Waals surface area contributed by atoms with E-state index in [2.05, 4.69) is 17.2 Å². The summed E-state index contributed by atoms with van der Waals surface area (Å²) in [4.78, 5) is 16.3. The molecule has 3 N–H and O–H groups in total. The number of pyridine rings is 1. The van der Waals surface area contributed by atoms with Gasteiger partial charge < -0.3 is 20.5 Å². The van der Waals surface area contributed by atoms with Crippen molar-refractivity contribution in [3.8, 4) is 11.5 Å². The summed E-state index contributed by atoms with van der Waals surface area (Å²) in [7, 11) is 1.50. The second-order valence-corrected chi connectivity index (χ2v) is 5.52. The summed E-state index contributed by atoms with van der Waals surface area (Å²) in [5.41, 5.74) is 6.41. The number of nitrogens with one attached hydrogen (secondary N) is 1. The molecule has 0 spiro atoms. The molecule has 128 valence electrons. The van der Waals surface area contributed by atoms with Gasteiger partial charge in [0.1, 0.15) is 5.82 Å². The summed E-state index contributed by atoms with van der Waals surface area (Å²) in [6, 6.07) is 6.41. The van der Waals surface area contributed by atoms with Crippen molar-refractivity contribution in [1.82, 2.24) is 4.98 Å². The number of nitrogens with zero attached hydrogens (tertiary/aromatic N) is 1. The molecule has 7 heteroatoms. The van der Waals surface area contributed by atoms with E-state index in [0.29, 0.717) is 40.2 Å². The first kappa shape index (κ1) is 17.9. The van der Waals surface area contributed by atoms with Crippen LogP contribution in [0.1, 0.15) is 30.1 Å². The molecule has 0 aliphatic rings. The first-order valence-electron chi connectivity index (χ1n) is 7.58. The number of rotatable bonds is 7. The predicted octanol–water partition coefficient (Wildman–Crippen LogP) is 3.76. The second kappa shape index (κ2) is 8.40. The number of hydrogen-bond acceptors (Lipinski definition) is 5. The van der Waals surface area contributed by atoms with E-state index < -0.39 is 0 Å². The molecule has 2 rings (SSSR count). The Balaban J connectivity index is 2.19. The van der Waals surface area contributed by atoms with Gasteiger partial charge in [0, 0.05) is 5.56 Å². The van der Waals surface area contributed by atoms with E-state index in [9.17, 15) is 4.79 Å². The third kappa shape index (κ3) is 4.52. The van der Waals surface area contributed by atoms with Crippen molar-refractivity contribution in [2.24, 2.45) is 0 Å². The molecule has 0 atom stereocenters. The number of aromatic nitrogens is 1. The monoisotopic (exact) mass is 349 g/mol. The first-order valence-corrected chi connectivity index (χ1v) is 7.96. The van der Waals surface area contributed by atoms with E-state index in [-0.39, 0.29) is 5.91 Å². The number of unbranched alkanes of at least 4 members (excludes halogenated alkanes) is 1. The van der Waals surface area contributed by atoms with Gasteiger partial charge in [-0.05, 0) is 30.7 Å². The minimum atomic E-state index is -0.332. The Morgan fingerprint density at radius 1 is 1.38 bits per heavy atom. The number of carbonyl (C=O) groups is 1. The van der Waals surface area contributed by atoms with Gasteiger partial charge in [-0.15, -0.1) is 0 Å². The molecule has 1 aromatic heterocycles. The molecule has 0 radical (unpaired) electrons. The van der Waals surface area contributed by atoms with Crippen LogP contribution in [-0.2, 0) is 0 Å². The molecular weight excluding hydrogens is 330 g/mol. The van der Waals surface area contributed by atoms with Crippen LogP contribution >= 0.6 is 11.6 Å². The van der Waals surface area contributed by atoms with Crippen LogP contribution in [0.15, 0.2) is 30.5 Å². The Bertz CT molecular complexity index is 705. The highest BCUT2D eigenvalue weighted by Crippen LogP contribution is 2.36. The lowest BCUT2D eigenvalue weighted by Gasteiger charge is -2.14. The number of nitrogen functional groups attached to an aromatic ring is 1. The molecule has 0 aliphatic carbocycles. The zero-order chi connectivity index (χ0) is 17.5. The maximum Gasteiger partial charge on any atom is 0.255 e. The van der Waals surface area contributed by atoms with Gasteiger partial charge in [0.15, 0.2) is 11.5 Å². The molecular formula is C17H20ClN3O3. The molecule has 24 heavy (non-hydrogen) atoms. The number of methoxy groups -OCH3 is 1. The van der Waals surface area contributed by atoms with Crippen LogP contribution in [0.2, 0.25) is 5.02 Å². The number of nitrogens with two attached hydrogens (primary N) is 1. The number of halogens is 1. The average molecular weight is 350 g/mol. The molecule has 2 aromatic rings.